The molecule has 0 aliphatic rings. The Balaban J connectivity index is 1.80. The fraction of sp³-hybridized carbons (Fsp3) is 0.211. The minimum atomic E-state index is -0.735. The van der Waals surface area contributed by atoms with E-state index in [1.807, 2.05) is 30.3 Å². The predicted molar refractivity (Wildman–Crippen MR) is 105 cm³/mol. The number of ether oxygens (including phenoxy) is 1. The van der Waals surface area contributed by atoms with Crippen molar-refractivity contribution in [3.8, 4) is 11.8 Å². The lowest BCUT2D eigenvalue weighted by Crippen LogP contribution is -2.48. The quantitative estimate of drug-likeness (QED) is 0.556. The predicted octanol–water partition coefficient (Wildman–Crippen LogP) is 2.91. The average molecular weight is 368 g/mol. The Kier molecular flexibility index (Phi) is 6.94. The van der Waals surface area contributed by atoms with Crippen LogP contribution in [0.25, 0.3) is 0 Å². The maximum absolute atomic E-state index is 12.1. The van der Waals surface area contributed by atoms with Crippen molar-refractivity contribution < 1.29 is 9.53 Å². The van der Waals surface area contributed by atoms with Crippen LogP contribution in [0, 0.1) is 11.3 Å². The van der Waals surface area contributed by atoms with Crippen molar-refractivity contribution in [2.24, 2.45) is 0 Å². The highest BCUT2D eigenvalue weighted by atomic mass is 32.1. The summed E-state index contributed by atoms with van der Waals surface area (Å²) in [7, 11) is 0. The molecule has 0 fully saturated rings. The van der Waals surface area contributed by atoms with Gasteiger partial charge in [-0.25, -0.2) is 0 Å². The molecule has 7 heteroatoms. The van der Waals surface area contributed by atoms with Crippen LogP contribution in [-0.2, 0) is 11.2 Å². The third kappa shape index (κ3) is 5.76. The molecule has 134 valence electrons. The van der Waals surface area contributed by atoms with Crippen molar-refractivity contribution >= 4 is 28.9 Å². The lowest BCUT2D eigenvalue weighted by atomic mass is 10.1. The molecule has 0 aliphatic carbocycles. The maximum Gasteiger partial charge on any atom is 0.279 e. The summed E-state index contributed by atoms with van der Waals surface area (Å²) >= 11 is 5.17. The van der Waals surface area contributed by atoms with E-state index in [-0.39, 0.29) is 11.0 Å². The summed E-state index contributed by atoms with van der Waals surface area (Å²) in [5.41, 5.74) is 7.71. The van der Waals surface area contributed by atoms with Gasteiger partial charge in [0.15, 0.2) is 11.2 Å². The first kappa shape index (κ1) is 19.2. The molecule has 0 spiro atoms. The van der Waals surface area contributed by atoms with Crippen LogP contribution in [0.2, 0.25) is 0 Å². The summed E-state index contributed by atoms with van der Waals surface area (Å²) in [5.74, 6) is 0.129. The number of benzene rings is 2. The molecule has 26 heavy (non-hydrogen) atoms. The standard InChI is InChI=1S/C19H20N4O2S/c1-3-14-5-4-6-16(11-14)21-19(26)23-22-18(24)13(2)25-17-9-7-15(12-20)8-10-17/h4-11,13H,3H2,1-2H3,(H,22,24)(H2,21,23,26)/t13-/m0/s1. The van der Waals surface area contributed by atoms with Gasteiger partial charge in [-0.1, -0.05) is 19.1 Å². The lowest BCUT2D eigenvalue weighted by Gasteiger charge is -2.16. The van der Waals surface area contributed by atoms with E-state index in [1.54, 1.807) is 31.2 Å². The van der Waals surface area contributed by atoms with Crippen molar-refractivity contribution in [3.63, 3.8) is 0 Å². The van der Waals surface area contributed by atoms with Crippen molar-refractivity contribution in [2.45, 2.75) is 26.4 Å². The molecular weight excluding hydrogens is 348 g/mol. The molecule has 2 aromatic carbocycles. The summed E-state index contributed by atoms with van der Waals surface area (Å²) in [6.07, 6.45) is 0.193. The minimum Gasteiger partial charge on any atom is -0.481 e. The molecule has 6 nitrogen and oxygen atoms in total. The van der Waals surface area contributed by atoms with Gasteiger partial charge >= 0.3 is 0 Å². The largest absolute Gasteiger partial charge is 0.481 e. The number of hydrogen-bond acceptors (Lipinski definition) is 4. The Hall–Kier alpha value is -3.11. The van der Waals surface area contributed by atoms with Crippen LogP contribution in [0.4, 0.5) is 5.69 Å². The van der Waals surface area contributed by atoms with E-state index >= 15 is 0 Å². The summed E-state index contributed by atoms with van der Waals surface area (Å²) in [6, 6.07) is 16.4. The molecule has 0 saturated heterocycles. The number of amides is 1. The van der Waals surface area contributed by atoms with Crippen molar-refractivity contribution in [2.75, 3.05) is 5.32 Å². The summed E-state index contributed by atoms with van der Waals surface area (Å²) in [5, 5.41) is 12.1. The SMILES string of the molecule is CCc1cccc(NC(=S)NNC(=O)[C@H](C)Oc2ccc(C#N)cc2)c1. The number of nitriles is 1. The number of carbonyl (C=O) groups excluding carboxylic acids is 1. The van der Waals surface area contributed by atoms with Crippen LogP contribution in [0.3, 0.4) is 0 Å². The Morgan fingerprint density at radius 3 is 2.62 bits per heavy atom. The van der Waals surface area contributed by atoms with Crippen LogP contribution in [0.15, 0.2) is 48.5 Å². The van der Waals surface area contributed by atoms with Gasteiger partial charge in [-0.05, 0) is 67.5 Å². The summed E-state index contributed by atoms with van der Waals surface area (Å²) in [4.78, 5) is 12.1. The van der Waals surface area contributed by atoms with E-state index in [2.05, 4.69) is 23.1 Å². The van der Waals surface area contributed by atoms with E-state index in [9.17, 15) is 4.79 Å². The van der Waals surface area contributed by atoms with Gasteiger partial charge in [0.1, 0.15) is 5.75 Å². The second-order valence-electron chi connectivity index (χ2n) is 5.52. The molecule has 1 atom stereocenters. The van der Waals surface area contributed by atoms with Crippen LogP contribution < -0.4 is 20.9 Å². The van der Waals surface area contributed by atoms with Gasteiger partial charge in [-0.2, -0.15) is 5.26 Å². The van der Waals surface area contributed by atoms with E-state index < -0.39 is 6.10 Å². The molecule has 0 heterocycles. The molecule has 0 bridgehead atoms. The van der Waals surface area contributed by atoms with Crippen LogP contribution in [0.1, 0.15) is 25.0 Å². The minimum absolute atomic E-state index is 0.275. The fourth-order valence-corrected chi connectivity index (χ4v) is 2.29. The highest BCUT2D eigenvalue weighted by Crippen LogP contribution is 2.13. The van der Waals surface area contributed by atoms with Gasteiger partial charge in [0, 0.05) is 5.69 Å². The maximum atomic E-state index is 12.1. The second-order valence-corrected chi connectivity index (χ2v) is 5.93. The number of rotatable bonds is 5. The Bertz CT molecular complexity index is 815. The number of nitrogens with one attached hydrogen (secondary N) is 3. The fourth-order valence-electron chi connectivity index (χ4n) is 2.12. The monoisotopic (exact) mass is 368 g/mol. The van der Waals surface area contributed by atoms with Crippen molar-refractivity contribution in [3.05, 3.63) is 59.7 Å². The first-order valence-electron chi connectivity index (χ1n) is 8.14. The number of hydrazine groups is 1. The molecular formula is C19H20N4O2S. The number of nitrogens with zero attached hydrogens (tertiary/aromatic N) is 1. The first-order chi connectivity index (χ1) is 12.5. The van der Waals surface area contributed by atoms with Gasteiger partial charge in [0.2, 0.25) is 0 Å². The molecule has 0 aliphatic heterocycles. The molecule has 1 amide bonds. The van der Waals surface area contributed by atoms with Crippen molar-refractivity contribution in [1.82, 2.24) is 10.9 Å². The number of anilines is 1. The molecule has 0 radical (unpaired) electrons. The lowest BCUT2D eigenvalue weighted by molar-refractivity contribution is -0.127. The average Bonchev–Trinajstić information content (AvgIpc) is 2.66. The van der Waals surface area contributed by atoms with Gasteiger partial charge in [-0.15, -0.1) is 0 Å². The Morgan fingerprint density at radius 1 is 1.23 bits per heavy atom. The number of hydrogen-bond donors (Lipinski definition) is 3. The van der Waals surface area contributed by atoms with Crippen LogP contribution in [0.5, 0.6) is 5.75 Å². The van der Waals surface area contributed by atoms with E-state index in [4.69, 9.17) is 22.2 Å². The Labute approximate surface area is 158 Å². The summed E-state index contributed by atoms with van der Waals surface area (Å²) < 4.78 is 5.53. The van der Waals surface area contributed by atoms with E-state index in [0.29, 0.717) is 11.3 Å². The van der Waals surface area contributed by atoms with Crippen LogP contribution >= 0.6 is 12.2 Å². The van der Waals surface area contributed by atoms with Gasteiger partial charge in [0.25, 0.3) is 5.91 Å². The first-order valence-corrected chi connectivity index (χ1v) is 8.55. The number of aryl methyl sites for hydroxylation is 1. The zero-order valence-electron chi connectivity index (χ0n) is 14.6. The normalized spacial score (nSPS) is 11.0. The van der Waals surface area contributed by atoms with Gasteiger partial charge < -0.3 is 10.1 Å². The molecule has 2 aromatic rings. The molecule has 2 rings (SSSR count). The molecule has 0 aromatic heterocycles. The second kappa shape index (κ2) is 9.39. The third-order valence-corrected chi connectivity index (χ3v) is 3.76. The van der Waals surface area contributed by atoms with Gasteiger partial charge in [-0.3, -0.25) is 15.6 Å². The molecule has 3 N–H and O–H groups in total. The van der Waals surface area contributed by atoms with Gasteiger partial charge in [0.05, 0.1) is 11.6 Å². The highest BCUT2D eigenvalue weighted by molar-refractivity contribution is 7.80. The zero-order chi connectivity index (χ0) is 18.9. The third-order valence-electron chi connectivity index (χ3n) is 3.56. The molecule has 0 unspecified atom stereocenters. The number of thiocarbonyl (C=S) groups is 1. The van der Waals surface area contributed by atoms with Crippen molar-refractivity contribution in [1.29, 1.82) is 5.26 Å². The number of carbonyl (C=O) groups is 1. The topological polar surface area (TPSA) is 86.2 Å². The van der Waals surface area contributed by atoms with E-state index in [0.717, 1.165) is 12.1 Å². The van der Waals surface area contributed by atoms with E-state index in [1.165, 1.54) is 5.56 Å². The highest BCUT2D eigenvalue weighted by Gasteiger charge is 2.14. The Morgan fingerprint density at radius 2 is 1.96 bits per heavy atom. The molecule has 0 saturated carbocycles. The van der Waals surface area contributed by atoms with Crippen LogP contribution in [-0.4, -0.2) is 17.1 Å². The summed E-state index contributed by atoms with van der Waals surface area (Å²) in [6.45, 7) is 3.70. The smallest absolute Gasteiger partial charge is 0.279 e. The zero-order valence-corrected chi connectivity index (χ0v) is 15.4.